The molecule has 1 aromatic carbocycles. The van der Waals surface area contributed by atoms with Crippen molar-refractivity contribution in [1.29, 1.82) is 0 Å². The van der Waals surface area contributed by atoms with Gasteiger partial charge in [-0.05, 0) is 61.1 Å². The van der Waals surface area contributed by atoms with Gasteiger partial charge in [-0.3, -0.25) is 9.59 Å². The number of fused-ring (bicyclic) bond motifs is 1. The fourth-order valence-electron chi connectivity index (χ4n) is 7.14. The number of methoxy groups -OCH3 is 2. The van der Waals surface area contributed by atoms with Gasteiger partial charge < -0.3 is 39.9 Å². The molecule has 4 amide bonds. The van der Waals surface area contributed by atoms with E-state index in [0.29, 0.717) is 36.0 Å². The third kappa shape index (κ3) is 8.08. The number of ether oxygens (including phenoxy) is 2. The number of likely N-dealkylation sites (tertiary alicyclic amines) is 2. The molecule has 14 nitrogen and oxygen atoms in total. The first-order chi connectivity index (χ1) is 26.6. The number of alkyl carbamates (subject to hydrolysis) is 2. The lowest BCUT2D eigenvalue weighted by Crippen LogP contribution is -2.51. The lowest BCUT2D eigenvalue weighted by Gasteiger charge is -2.29. The number of rotatable bonds is 9. The van der Waals surface area contributed by atoms with E-state index in [2.05, 4.69) is 49.6 Å². The number of aromatic nitrogens is 4. The molecule has 7 rings (SSSR count). The van der Waals surface area contributed by atoms with E-state index < -0.39 is 24.3 Å². The van der Waals surface area contributed by atoms with E-state index in [1.165, 1.54) is 14.2 Å². The molecule has 4 N–H and O–H groups in total. The van der Waals surface area contributed by atoms with Crippen LogP contribution in [-0.2, 0) is 19.1 Å². The highest BCUT2D eigenvalue weighted by molar-refractivity contribution is 7.29. The van der Waals surface area contributed by atoms with E-state index in [9.17, 15) is 19.2 Å². The van der Waals surface area contributed by atoms with Crippen LogP contribution in [0.4, 0.5) is 9.59 Å². The summed E-state index contributed by atoms with van der Waals surface area (Å²) >= 11 is 3.24. The number of amides is 4. The highest BCUT2D eigenvalue weighted by atomic mass is 32.1. The molecule has 2 aliphatic rings. The van der Waals surface area contributed by atoms with Crippen molar-refractivity contribution in [2.24, 2.45) is 5.92 Å². The van der Waals surface area contributed by atoms with Crippen molar-refractivity contribution in [1.82, 2.24) is 40.4 Å². The molecular formula is C39H42N8O6S2. The second-order valence-electron chi connectivity index (χ2n) is 13.8. The van der Waals surface area contributed by atoms with Crippen molar-refractivity contribution in [2.45, 2.75) is 63.7 Å². The van der Waals surface area contributed by atoms with Gasteiger partial charge in [0.05, 0.1) is 54.1 Å². The van der Waals surface area contributed by atoms with Gasteiger partial charge in [0.1, 0.15) is 29.4 Å². The number of carbonyl (C=O) groups is 4. The molecular weight excluding hydrogens is 741 g/mol. The van der Waals surface area contributed by atoms with Crippen LogP contribution in [-0.4, -0.2) is 87.1 Å². The maximum absolute atomic E-state index is 13.9. The molecule has 5 aromatic rings. The Morgan fingerprint density at radius 1 is 0.818 bits per heavy atom. The minimum absolute atomic E-state index is 0.114. The summed E-state index contributed by atoms with van der Waals surface area (Å²) in [7, 11) is 2.56. The minimum Gasteiger partial charge on any atom is -0.453 e. The van der Waals surface area contributed by atoms with Crippen LogP contribution in [0.2, 0.25) is 0 Å². The number of nitrogens with zero attached hydrogens (tertiary/aromatic N) is 4. The van der Waals surface area contributed by atoms with Crippen LogP contribution in [0.25, 0.3) is 20.0 Å². The van der Waals surface area contributed by atoms with E-state index in [1.54, 1.807) is 44.9 Å². The standard InChI is InChI=1S/C39H42N8O6S2/c1-22(2)32(44-38(50)52-3)36(48)46-16-8-12-27(46)34-40-20-24(42-34)14-15-25-18-30-31(54-25)19-29(55-30)26-21-41-35(43-26)28-13-9-17-47(28)37(49)33(45-39(51)53-4)23-10-6-5-7-11-23/h5-7,10-11,18-22,27-28,32-33H,8-9,12-13,16-17H2,1-4H3,(H,40,42)(H,41,43)(H,44,50)(H,45,51)/t27?,28?,32-,33+/m0/s1. The van der Waals surface area contributed by atoms with Gasteiger partial charge >= 0.3 is 12.2 Å². The van der Waals surface area contributed by atoms with E-state index in [-0.39, 0.29) is 29.8 Å². The quantitative estimate of drug-likeness (QED) is 0.126. The molecule has 2 saturated heterocycles. The van der Waals surface area contributed by atoms with Gasteiger partial charge in [0.15, 0.2) is 0 Å². The molecule has 286 valence electrons. The molecule has 0 spiro atoms. The molecule has 4 atom stereocenters. The van der Waals surface area contributed by atoms with Crippen molar-refractivity contribution in [3.63, 3.8) is 0 Å². The lowest BCUT2D eigenvalue weighted by molar-refractivity contribution is -0.135. The maximum atomic E-state index is 13.9. The summed E-state index contributed by atoms with van der Waals surface area (Å²) in [5.41, 5.74) is 2.20. The van der Waals surface area contributed by atoms with Crippen LogP contribution >= 0.6 is 22.7 Å². The molecule has 6 heterocycles. The Labute approximate surface area is 326 Å². The van der Waals surface area contributed by atoms with Crippen LogP contribution < -0.4 is 10.6 Å². The summed E-state index contributed by atoms with van der Waals surface area (Å²) in [6.07, 6.45) is 5.35. The summed E-state index contributed by atoms with van der Waals surface area (Å²) < 4.78 is 11.8. The van der Waals surface area contributed by atoms with Gasteiger partial charge in [0.2, 0.25) is 5.91 Å². The Balaban J connectivity index is 1.02. The first kappa shape index (κ1) is 37.6. The topological polar surface area (TPSA) is 175 Å². The average molecular weight is 783 g/mol. The zero-order valence-corrected chi connectivity index (χ0v) is 32.5. The van der Waals surface area contributed by atoms with Crippen molar-refractivity contribution in [3.05, 3.63) is 82.6 Å². The summed E-state index contributed by atoms with van der Waals surface area (Å²) in [5.74, 6) is 7.34. The Hall–Kier alpha value is -5.66. The van der Waals surface area contributed by atoms with Crippen molar-refractivity contribution in [3.8, 4) is 22.4 Å². The number of imidazole rings is 2. The summed E-state index contributed by atoms with van der Waals surface area (Å²) in [4.78, 5) is 73.0. The molecule has 2 unspecified atom stereocenters. The van der Waals surface area contributed by atoms with Crippen molar-refractivity contribution >= 4 is 56.1 Å². The second kappa shape index (κ2) is 16.4. The molecule has 55 heavy (non-hydrogen) atoms. The van der Waals surface area contributed by atoms with E-state index >= 15 is 0 Å². The number of hydrogen-bond acceptors (Lipinski definition) is 10. The zero-order valence-electron chi connectivity index (χ0n) is 30.9. The van der Waals surface area contributed by atoms with Crippen LogP contribution in [0.15, 0.2) is 54.9 Å². The first-order valence-corrected chi connectivity index (χ1v) is 19.8. The summed E-state index contributed by atoms with van der Waals surface area (Å²) in [6.45, 7) is 4.91. The van der Waals surface area contributed by atoms with Gasteiger partial charge in [-0.1, -0.05) is 44.2 Å². The van der Waals surface area contributed by atoms with Gasteiger partial charge in [-0.15, -0.1) is 22.7 Å². The van der Waals surface area contributed by atoms with Crippen molar-refractivity contribution in [2.75, 3.05) is 27.3 Å². The molecule has 0 saturated carbocycles. The molecule has 2 aliphatic heterocycles. The Morgan fingerprint density at radius 2 is 1.45 bits per heavy atom. The number of hydrogen-bond donors (Lipinski definition) is 4. The van der Waals surface area contributed by atoms with Gasteiger partial charge in [0.25, 0.3) is 5.91 Å². The predicted molar refractivity (Wildman–Crippen MR) is 208 cm³/mol. The Kier molecular flexibility index (Phi) is 11.2. The predicted octanol–water partition coefficient (Wildman–Crippen LogP) is 6.28. The smallest absolute Gasteiger partial charge is 0.407 e. The molecule has 4 aromatic heterocycles. The number of benzene rings is 1. The van der Waals surface area contributed by atoms with Gasteiger partial charge in [-0.25, -0.2) is 19.6 Å². The third-order valence-corrected chi connectivity index (χ3v) is 12.1. The fraction of sp³-hybridized carbons (Fsp3) is 0.385. The van der Waals surface area contributed by atoms with Gasteiger partial charge in [-0.2, -0.15) is 0 Å². The Morgan fingerprint density at radius 3 is 2.13 bits per heavy atom. The summed E-state index contributed by atoms with van der Waals surface area (Å²) in [6, 6.07) is 11.3. The number of thiophene rings is 2. The monoisotopic (exact) mass is 782 g/mol. The lowest BCUT2D eigenvalue weighted by atomic mass is 10.0. The minimum atomic E-state index is -0.880. The van der Waals surface area contributed by atoms with E-state index in [0.717, 1.165) is 50.5 Å². The SMILES string of the molecule is COC(=O)N[C@H](C(=O)N1CCCC1c1ncc(C#Cc2cc3sc(-c4cnc(C5CCCN5C(=O)[C@H](NC(=O)OC)c5ccccc5)[nH]4)cc3s2)[nH]1)C(C)C. The number of nitrogens with one attached hydrogen (secondary N) is 4. The highest BCUT2D eigenvalue weighted by Crippen LogP contribution is 2.39. The van der Waals surface area contributed by atoms with Crippen LogP contribution in [0.3, 0.4) is 0 Å². The molecule has 16 heteroatoms. The molecule has 2 fully saturated rings. The highest BCUT2D eigenvalue weighted by Gasteiger charge is 2.38. The van der Waals surface area contributed by atoms with Crippen LogP contribution in [0.1, 0.15) is 85.4 Å². The first-order valence-electron chi connectivity index (χ1n) is 18.1. The third-order valence-electron chi connectivity index (χ3n) is 9.91. The zero-order chi connectivity index (χ0) is 38.6. The van der Waals surface area contributed by atoms with Crippen molar-refractivity contribution < 1.29 is 28.7 Å². The molecule has 0 radical (unpaired) electrons. The summed E-state index contributed by atoms with van der Waals surface area (Å²) in [5, 5.41) is 5.38. The number of H-pyrrole nitrogens is 2. The normalized spacial score (nSPS) is 17.8. The maximum Gasteiger partial charge on any atom is 0.407 e. The number of carbonyl (C=O) groups excluding carboxylic acids is 4. The van der Waals surface area contributed by atoms with E-state index in [1.807, 2.05) is 44.2 Å². The average Bonchev–Trinajstić information content (AvgIpc) is 4.04. The fourth-order valence-corrected chi connectivity index (χ4v) is 9.36. The largest absolute Gasteiger partial charge is 0.453 e. The number of aromatic amines is 2. The second-order valence-corrected chi connectivity index (χ2v) is 15.9. The molecule has 0 bridgehead atoms. The van der Waals surface area contributed by atoms with Crippen LogP contribution in [0.5, 0.6) is 0 Å². The Bertz CT molecular complexity index is 2220. The van der Waals surface area contributed by atoms with Crippen LogP contribution in [0, 0.1) is 17.8 Å². The molecule has 0 aliphatic carbocycles. The van der Waals surface area contributed by atoms with Gasteiger partial charge in [0, 0.05) is 22.5 Å². The van der Waals surface area contributed by atoms with E-state index in [4.69, 9.17) is 14.5 Å².